The van der Waals surface area contributed by atoms with Gasteiger partial charge in [-0.1, -0.05) is 6.07 Å². The largest absolute Gasteiger partial charge is 0.508 e. The molecule has 1 unspecified atom stereocenters. The number of phenolic OH excluding ortho intramolecular Hbond substituents is 1. The van der Waals surface area contributed by atoms with Crippen LogP contribution in [0.2, 0.25) is 0 Å². The Morgan fingerprint density at radius 1 is 1.44 bits per heavy atom. The van der Waals surface area contributed by atoms with E-state index in [4.69, 9.17) is 15.6 Å². The standard InChI is InChI=1S/C10H12F3NO2/c1-16-9-4-6(15)2-3-7(9)8(5-14)10(11,12)13/h2-4,8,15H,5,14H2,1H3. The summed E-state index contributed by atoms with van der Waals surface area (Å²) in [4.78, 5) is 0. The molecular formula is C10H12F3NO2. The van der Waals surface area contributed by atoms with Crippen LogP contribution in [0.5, 0.6) is 11.5 Å². The molecule has 0 fully saturated rings. The van der Waals surface area contributed by atoms with E-state index in [2.05, 4.69) is 0 Å². The lowest BCUT2D eigenvalue weighted by Gasteiger charge is -2.21. The number of hydrogen-bond donors (Lipinski definition) is 2. The van der Waals surface area contributed by atoms with E-state index < -0.39 is 18.6 Å². The molecule has 0 saturated carbocycles. The number of benzene rings is 1. The number of alkyl halides is 3. The second-order valence-corrected chi connectivity index (χ2v) is 3.26. The van der Waals surface area contributed by atoms with E-state index in [9.17, 15) is 13.2 Å². The molecule has 0 aliphatic rings. The van der Waals surface area contributed by atoms with Gasteiger partial charge in [0.05, 0.1) is 13.0 Å². The molecule has 1 rings (SSSR count). The highest BCUT2D eigenvalue weighted by atomic mass is 19.4. The summed E-state index contributed by atoms with van der Waals surface area (Å²) in [5, 5.41) is 9.13. The molecule has 90 valence electrons. The van der Waals surface area contributed by atoms with Crippen molar-refractivity contribution in [2.24, 2.45) is 5.73 Å². The minimum absolute atomic E-state index is 0.0206. The van der Waals surface area contributed by atoms with Gasteiger partial charge in [0, 0.05) is 18.2 Å². The molecule has 0 aliphatic heterocycles. The number of rotatable bonds is 3. The van der Waals surface area contributed by atoms with Crippen molar-refractivity contribution >= 4 is 0 Å². The normalized spacial score (nSPS) is 13.6. The maximum atomic E-state index is 12.6. The first-order chi connectivity index (χ1) is 7.40. The number of phenols is 1. The molecule has 3 nitrogen and oxygen atoms in total. The molecule has 0 saturated heterocycles. The third kappa shape index (κ3) is 2.57. The summed E-state index contributed by atoms with van der Waals surface area (Å²) in [7, 11) is 1.24. The second-order valence-electron chi connectivity index (χ2n) is 3.26. The zero-order valence-corrected chi connectivity index (χ0v) is 8.58. The van der Waals surface area contributed by atoms with Gasteiger partial charge < -0.3 is 15.6 Å². The van der Waals surface area contributed by atoms with E-state index in [1.807, 2.05) is 0 Å². The van der Waals surface area contributed by atoms with Crippen LogP contribution >= 0.6 is 0 Å². The van der Waals surface area contributed by atoms with Crippen LogP contribution < -0.4 is 10.5 Å². The quantitative estimate of drug-likeness (QED) is 0.842. The summed E-state index contributed by atoms with van der Waals surface area (Å²) in [5.74, 6) is -1.96. The van der Waals surface area contributed by atoms with E-state index in [-0.39, 0.29) is 17.1 Å². The summed E-state index contributed by atoms with van der Waals surface area (Å²) >= 11 is 0. The molecule has 0 spiro atoms. The van der Waals surface area contributed by atoms with Gasteiger partial charge in [0.2, 0.25) is 0 Å². The lowest BCUT2D eigenvalue weighted by Crippen LogP contribution is -2.28. The monoisotopic (exact) mass is 235 g/mol. The first kappa shape index (κ1) is 12.6. The van der Waals surface area contributed by atoms with Gasteiger partial charge in [0.25, 0.3) is 0 Å². The summed E-state index contributed by atoms with van der Waals surface area (Å²) < 4.78 is 42.7. The van der Waals surface area contributed by atoms with E-state index >= 15 is 0 Å². The molecule has 1 aromatic rings. The fourth-order valence-electron chi connectivity index (χ4n) is 1.42. The van der Waals surface area contributed by atoms with Gasteiger partial charge in [0.1, 0.15) is 11.5 Å². The van der Waals surface area contributed by atoms with Crippen molar-refractivity contribution in [3.63, 3.8) is 0 Å². The van der Waals surface area contributed by atoms with Crippen molar-refractivity contribution in [3.05, 3.63) is 23.8 Å². The van der Waals surface area contributed by atoms with Gasteiger partial charge in [-0.05, 0) is 6.07 Å². The zero-order chi connectivity index (χ0) is 12.3. The predicted molar refractivity (Wildman–Crippen MR) is 52.5 cm³/mol. The Balaban J connectivity index is 3.20. The van der Waals surface area contributed by atoms with Crippen molar-refractivity contribution in [3.8, 4) is 11.5 Å². The fourth-order valence-corrected chi connectivity index (χ4v) is 1.42. The molecule has 0 radical (unpaired) electrons. The molecular weight excluding hydrogens is 223 g/mol. The number of ether oxygens (including phenoxy) is 1. The first-order valence-electron chi connectivity index (χ1n) is 4.53. The Kier molecular flexibility index (Phi) is 3.64. The highest BCUT2D eigenvalue weighted by Crippen LogP contribution is 2.39. The SMILES string of the molecule is COc1cc(O)ccc1C(CN)C(F)(F)F. The molecule has 1 atom stereocenters. The zero-order valence-electron chi connectivity index (χ0n) is 8.58. The van der Waals surface area contributed by atoms with Crippen molar-refractivity contribution in [1.82, 2.24) is 0 Å². The van der Waals surface area contributed by atoms with Crippen molar-refractivity contribution in [2.45, 2.75) is 12.1 Å². The molecule has 1 aromatic carbocycles. The minimum atomic E-state index is -4.43. The molecule has 0 aromatic heterocycles. The Morgan fingerprint density at radius 3 is 2.50 bits per heavy atom. The number of hydrogen-bond acceptors (Lipinski definition) is 3. The van der Waals surface area contributed by atoms with Gasteiger partial charge >= 0.3 is 6.18 Å². The van der Waals surface area contributed by atoms with Gasteiger partial charge in [-0.15, -0.1) is 0 Å². The summed E-state index contributed by atoms with van der Waals surface area (Å²) in [6.07, 6.45) is -4.43. The number of halogens is 3. The van der Waals surface area contributed by atoms with Crippen LogP contribution in [-0.2, 0) is 0 Å². The molecule has 16 heavy (non-hydrogen) atoms. The predicted octanol–water partition coefficient (Wildman–Crippen LogP) is 2.01. The van der Waals surface area contributed by atoms with Crippen LogP contribution in [0.15, 0.2) is 18.2 Å². The van der Waals surface area contributed by atoms with Crippen molar-refractivity contribution in [1.29, 1.82) is 0 Å². The van der Waals surface area contributed by atoms with Gasteiger partial charge in [-0.25, -0.2) is 0 Å². The Labute approximate surface area is 90.6 Å². The van der Waals surface area contributed by atoms with Crippen molar-refractivity contribution in [2.75, 3.05) is 13.7 Å². The topological polar surface area (TPSA) is 55.5 Å². The smallest absolute Gasteiger partial charge is 0.397 e. The number of nitrogens with two attached hydrogens (primary N) is 1. The molecule has 3 N–H and O–H groups in total. The summed E-state index contributed by atoms with van der Waals surface area (Å²) in [6.45, 7) is -0.565. The van der Waals surface area contributed by atoms with Crippen LogP contribution in [0, 0.1) is 0 Å². The molecule has 0 amide bonds. The Hall–Kier alpha value is -1.43. The van der Waals surface area contributed by atoms with E-state index in [1.54, 1.807) is 0 Å². The van der Waals surface area contributed by atoms with Gasteiger partial charge in [0.15, 0.2) is 0 Å². The average molecular weight is 235 g/mol. The van der Waals surface area contributed by atoms with Crippen molar-refractivity contribution < 1.29 is 23.0 Å². The van der Waals surface area contributed by atoms with E-state index in [0.717, 1.165) is 6.07 Å². The first-order valence-corrected chi connectivity index (χ1v) is 4.53. The van der Waals surface area contributed by atoms with Crippen LogP contribution in [0.1, 0.15) is 11.5 Å². The maximum absolute atomic E-state index is 12.6. The molecule has 0 aliphatic carbocycles. The Bertz CT molecular complexity index is 366. The maximum Gasteiger partial charge on any atom is 0.397 e. The minimum Gasteiger partial charge on any atom is -0.508 e. The third-order valence-corrected chi connectivity index (χ3v) is 2.22. The summed E-state index contributed by atoms with van der Waals surface area (Å²) in [5.41, 5.74) is 5.04. The van der Waals surface area contributed by atoms with E-state index in [0.29, 0.717) is 0 Å². The van der Waals surface area contributed by atoms with Crippen LogP contribution in [0.3, 0.4) is 0 Å². The third-order valence-electron chi connectivity index (χ3n) is 2.22. The van der Waals surface area contributed by atoms with Crippen LogP contribution in [0.4, 0.5) is 13.2 Å². The Morgan fingerprint density at radius 2 is 2.06 bits per heavy atom. The highest BCUT2D eigenvalue weighted by Gasteiger charge is 2.41. The summed E-state index contributed by atoms with van der Waals surface area (Å²) in [6, 6.07) is 3.47. The number of aromatic hydroxyl groups is 1. The average Bonchev–Trinajstić information content (AvgIpc) is 2.19. The van der Waals surface area contributed by atoms with E-state index in [1.165, 1.54) is 19.2 Å². The lowest BCUT2D eigenvalue weighted by atomic mass is 9.97. The highest BCUT2D eigenvalue weighted by molar-refractivity contribution is 5.42. The molecule has 6 heteroatoms. The molecule has 0 bridgehead atoms. The number of methoxy groups -OCH3 is 1. The molecule has 0 heterocycles. The van der Waals surface area contributed by atoms with Crippen LogP contribution in [0.25, 0.3) is 0 Å². The second kappa shape index (κ2) is 4.61. The van der Waals surface area contributed by atoms with Gasteiger partial charge in [-0.2, -0.15) is 13.2 Å². The fraction of sp³-hybridized carbons (Fsp3) is 0.400. The van der Waals surface area contributed by atoms with Crippen LogP contribution in [-0.4, -0.2) is 24.9 Å². The lowest BCUT2D eigenvalue weighted by molar-refractivity contribution is -0.148. The van der Waals surface area contributed by atoms with Gasteiger partial charge in [-0.3, -0.25) is 0 Å².